The highest BCUT2D eigenvalue weighted by Crippen LogP contribution is 2.20. The van der Waals surface area contributed by atoms with E-state index in [1.165, 1.54) is 0 Å². The molecule has 1 aromatic heterocycles. The van der Waals surface area contributed by atoms with Crippen molar-refractivity contribution in [3.63, 3.8) is 0 Å². The molecule has 2 aromatic rings. The van der Waals surface area contributed by atoms with Crippen molar-refractivity contribution in [3.05, 3.63) is 24.0 Å². The Labute approximate surface area is 130 Å². The number of anilines is 1. The normalized spacial score (nSPS) is 18.5. The molecule has 3 rings (SSSR count). The topological polar surface area (TPSA) is 69.8 Å². The molecule has 1 amide bonds. The van der Waals surface area contributed by atoms with Crippen molar-refractivity contribution in [3.8, 4) is 0 Å². The summed E-state index contributed by atoms with van der Waals surface area (Å²) in [4.78, 5) is 20.2. The van der Waals surface area contributed by atoms with Crippen LogP contribution in [0.4, 0.5) is 5.69 Å². The Balaban J connectivity index is 1.69. The molecular weight excluding hydrogens is 276 g/mol. The van der Waals surface area contributed by atoms with Gasteiger partial charge in [-0.05, 0) is 44.0 Å². The van der Waals surface area contributed by atoms with Gasteiger partial charge in [0.05, 0.1) is 17.0 Å². The van der Waals surface area contributed by atoms with E-state index in [0.29, 0.717) is 0 Å². The first-order chi connectivity index (χ1) is 10.8. The minimum atomic E-state index is 0.0753. The van der Waals surface area contributed by atoms with Crippen LogP contribution in [0.5, 0.6) is 0 Å². The molecule has 0 aliphatic carbocycles. The van der Waals surface area contributed by atoms with Crippen LogP contribution >= 0.6 is 0 Å². The molecule has 0 bridgehead atoms. The number of carbonyl (C=O) groups is 1. The second-order valence-corrected chi connectivity index (χ2v) is 6.05. The van der Waals surface area contributed by atoms with Gasteiger partial charge in [0.15, 0.2) is 0 Å². The number of hydrogen-bond acceptors (Lipinski definition) is 3. The number of carbonyl (C=O) groups excluding carboxylic acids is 1. The highest BCUT2D eigenvalue weighted by Gasteiger charge is 2.20. The maximum absolute atomic E-state index is 12.3. The van der Waals surface area contributed by atoms with Crippen LogP contribution in [-0.4, -0.2) is 29.0 Å². The van der Waals surface area contributed by atoms with E-state index in [2.05, 4.69) is 27.5 Å². The summed E-state index contributed by atoms with van der Waals surface area (Å²) in [6, 6.07) is 5.88. The molecule has 5 heteroatoms. The average Bonchev–Trinajstić information content (AvgIpc) is 2.95. The fraction of sp³-hybridized carbons (Fsp3) is 0.529. The van der Waals surface area contributed by atoms with Crippen molar-refractivity contribution in [2.75, 3.05) is 18.4 Å². The molecule has 1 fully saturated rings. The summed E-state index contributed by atoms with van der Waals surface area (Å²) in [5, 5.41) is 6.31. The first-order valence-corrected chi connectivity index (χ1v) is 8.26. The number of nitrogens with zero attached hydrogens (tertiary/aromatic N) is 1. The lowest BCUT2D eigenvalue weighted by Crippen LogP contribution is -2.37. The predicted octanol–water partition coefficient (Wildman–Crippen LogP) is 2.84. The summed E-state index contributed by atoms with van der Waals surface area (Å²) < 4.78 is 0. The summed E-state index contributed by atoms with van der Waals surface area (Å²) in [6.07, 6.45) is 5.30. The van der Waals surface area contributed by atoms with Crippen LogP contribution < -0.4 is 10.6 Å². The SMILES string of the molecule is CCCCc1nc2ccc(NC(=O)C3CCCNC3)cc2[nH]1. The summed E-state index contributed by atoms with van der Waals surface area (Å²) in [5.74, 6) is 1.21. The average molecular weight is 300 g/mol. The summed E-state index contributed by atoms with van der Waals surface area (Å²) in [6.45, 7) is 3.97. The van der Waals surface area contributed by atoms with Gasteiger partial charge in [0.25, 0.3) is 0 Å². The number of hydrogen-bond donors (Lipinski definition) is 3. The maximum atomic E-state index is 12.3. The number of H-pyrrole nitrogens is 1. The molecule has 1 atom stereocenters. The highest BCUT2D eigenvalue weighted by atomic mass is 16.1. The number of nitrogens with one attached hydrogen (secondary N) is 3. The van der Waals surface area contributed by atoms with E-state index in [9.17, 15) is 4.79 Å². The molecule has 0 radical (unpaired) electrons. The first-order valence-electron chi connectivity index (χ1n) is 8.26. The molecule has 1 aliphatic heterocycles. The Morgan fingerprint density at radius 3 is 3.14 bits per heavy atom. The van der Waals surface area contributed by atoms with Crippen LogP contribution in [0, 0.1) is 5.92 Å². The monoisotopic (exact) mass is 300 g/mol. The molecule has 1 aliphatic rings. The second kappa shape index (κ2) is 6.92. The molecule has 118 valence electrons. The zero-order chi connectivity index (χ0) is 15.4. The number of aromatic amines is 1. The highest BCUT2D eigenvalue weighted by molar-refractivity contribution is 5.94. The fourth-order valence-electron chi connectivity index (χ4n) is 2.92. The van der Waals surface area contributed by atoms with E-state index < -0.39 is 0 Å². The summed E-state index contributed by atoms with van der Waals surface area (Å²) in [5.41, 5.74) is 2.79. The van der Waals surface area contributed by atoms with Gasteiger partial charge in [-0.15, -0.1) is 0 Å². The number of unbranched alkanes of at least 4 members (excludes halogenated alkanes) is 1. The molecule has 1 unspecified atom stereocenters. The molecular formula is C17H24N4O. The van der Waals surface area contributed by atoms with Gasteiger partial charge in [-0.25, -0.2) is 4.98 Å². The molecule has 0 saturated carbocycles. The summed E-state index contributed by atoms with van der Waals surface area (Å²) in [7, 11) is 0. The molecule has 1 aromatic carbocycles. The molecule has 2 heterocycles. The molecule has 0 spiro atoms. The van der Waals surface area contributed by atoms with Crippen molar-refractivity contribution in [1.82, 2.24) is 15.3 Å². The number of aromatic nitrogens is 2. The Hall–Kier alpha value is -1.88. The third-order valence-corrected chi connectivity index (χ3v) is 4.23. The van der Waals surface area contributed by atoms with Gasteiger partial charge in [0, 0.05) is 18.7 Å². The van der Waals surface area contributed by atoms with Gasteiger partial charge in [0.1, 0.15) is 5.82 Å². The number of rotatable bonds is 5. The van der Waals surface area contributed by atoms with Gasteiger partial charge >= 0.3 is 0 Å². The third-order valence-electron chi connectivity index (χ3n) is 4.23. The Bertz CT molecular complexity index is 643. The molecule has 3 N–H and O–H groups in total. The quantitative estimate of drug-likeness (QED) is 0.795. The van der Waals surface area contributed by atoms with Crippen molar-refractivity contribution in [1.29, 1.82) is 0 Å². The van der Waals surface area contributed by atoms with E-state index in [4.69, 9.17) is 0 Å². The van der Waals surface area contributed by atoms with E-state index in [0.717, 1.165) is 67.7 Å². The van der Waals surface area contributed by atoms with Crippen LogP contribution in [0.3, 0.4) is 0 Å². The smallest absolute Gasteiger partial charge is 0.228 e. The van der Waals surface area contributed by atoms with Crippen LogP contribution in [-0.2, 0) is 11.2 Å². The summed E-state index contributed by atoms with van der Waals surface area (Å²) >= 11 is 0. The van der Waals surface area contributed by atoms with E-state index in [1.54, 1.807) is 0 Å². The van der Waals surface area contributed by atoms with Gasteiger partial charge in [-0.2, -0.15) is 0 Å². The number of imidazole rings is 1. The fourth-order valence-corrected chi connectivity index (χ4v) is 2.92. The number of amides is 1. The number of piperidine rings is 1. The lowest BCUT2D eigenvalue weighted by molar-refractivity contribution is -0.120. The van der Waals surface area contributed by atoms with Crippen molar-refractivity contribution in [2.45, 2.75) is 39.0 Å². The van der Waals surface area contributed by atoms with Crippen LogP contribution in [0.2, 0.25) is 0 Å². The Morgan fingerprint density at radius 1 is 1.45 bits per heavy atom. The first kappa shape index (κ1) is 15.0. The maximum Gasteiger partial charge on any atom is 0.228 e. The second-order valence-electron chi connectivity index (χ2n) is 6.05. The van der Waals surface area contributed by atoms with Gasteiger partial charge in [-0.3, -0.25) is 4.79 Å². The van der Waals surface area contributed by atoms with Crippen LogP contribution in [0.15, 0.2) is 18.2 Å². The zero-order valence-electron chi connectivity index (χ0n) is 13.1. The number of benzene rings is 1. The number of aryl methyl sites for hydroxylation is 1. The lowest BCUT2D eigenvalue weighted by Gasteiger charge is -2.21. The third kappa shape index (κ3) is 3.47. The number of fused-ring (bicyclic) bond motifs is 1. The predicted molar refractivity (Wildman–Crippen MR) is 88.9 cm³/mol. The van der Waals surface area contributed by atoms with E-state index in [1.807, 2.05) is 18.2 Å². The molecule has 5 nitrogen and oxygen atoms in total. The minimum absolute atomic E-state index is 0.0753. The minimum Gasteiger partial charge on any atom is -0.342 e. The van der Waals surface area contributed by atoms with E-state index in [-0.39, 0.29) is 11.8 Å². The largest absolute Gasteiger partial charge is 0.342 e. The standard InChI is InChI=1S/C17H24N4O/c1-2-3-6-16-20-14-8-7-13(10-15(14)21-16)19-17(22)12-5-4-9-18-11-12/h7-8,10,12,18H,2-6,9,11H2,1H3,(H,19,22)(H,20,21). The van der Waals surface area contributed by atoms with Gasteiger partial charge in [0.2, 0.25) is 5.91 Å². The lowest BCUT2D eigenvalue weighted by atomic mass is 9.99. The van der Waals surface area contributed by atoms with E-state index >= 15 is 0 Å². The van der Waals surface area contributed by atoms with Crippen LogP contribution in [0.25, 0.3) is 11.0 Å². The molecule has 22 heavy (non-hydrogen) atoms. The van der Waals surface area contributed by atoms with Gasteiger partial charge in [-0.1, -0.05) is 13.3 Å². The Morgan fingerprint density at radius 2 is 2.36 bits per heavy atom. The van der Waals surface area contributed by atoms with Crippen LogP contribution in [0.1, 0.15) is 38.4 Å². The molecule has 1 saturated heterocycles. The van der Waals surface area contributed by atoms with Crippen molar-refractivity contribution in [2.24, 2.45) is 5.92 Å². The van der Waals surface area contributed by atoms with Gasteiger partial charge < -0.3 is 15.6 Å². The van der Waals surface area contributed by atoms with Crippen molar-refractivity contribution >= 4 is 22.6 Å². The Kier molecular flexibility index (Phi) is 4.73. The zero-order valence-corrected chi connectivity index (χ0v) is 13.1. The van der Waals surface area contributed by atoms with Crippen molar-refractivity contribution < 1.29 is 4.79 Å².